The van der Waals surface area contributed by atoms with Gasteiger partial charge in [0.2, 0.25) is 5.95 Å². The smallest absolute Gasteiger partial charge is 0.257 e. The van der Waals surface area contributed by atoms with Gasteiger partial charge in [0.05, 0.1) is 5.56 Å². The number of hydrogen-bond donors (Lipinski definition) is 0. The minimum atomic E-state index is 0.0134. The molecule has 0 atom stereocenters. The van der Waals surface area contributed by atoms with Crippen molar-refractivity contribution in [2.45, 2.75) is 13.0 Å². The first-order valence-corrected chi connectivity index (χ1v) is 8.82. The summed E-state index contributed by atoms with van der Waals surface area (Å²) in [5.74, 6) is 0.730. The lowest BCUT2D eigenvalue weighted by Crippen LogP contribution is -2.45. The Balaban J connectivity index is 1.44. The van der Waals surface area contributed by atoms with Gasteiger partial charge < -0.3 is 14.7 Å². The normalized spacial score (nSPS) is 18.1. The molecule has 1 fully saturated rings. The Bertz CT molecular complexity index is 753. The minimum absolute atomic E-state index is 0.0134. The second kappa shape index (κ2) is 6.80. The molecule has 0 radical (unpaired) electrons. The molecule has 1 aromatic heterocycles. The predicted octanol–water partition coefficient (Wildman–Crippen LogP) is 1.43. The van der Waals surface area contributed by atoms with Crippen LogP contribution in [0.5, 0.6) is 0 Å². The second-order valence-corrected chi connectivity index (χ2v) is 6.81. The van der Waals surface area contributed by atoms with Crippen LogP contribution in [-0.2, 0) is 13.0 Å². The van der Waals surface area contributed by atoms with Gasteiger partial charge in [0.15, 0.2) is 0 Å². The fourth-order valence-corrected chi connectivity index (χ4v) is 3.45. The van der Waals surface area contributed by atoms with Crippen molar-refractivity contribution >= 4 is 11.9 Å². The first-order chi connectivity index (χ1) is 12.2. The topological polar surface area (TPSA) is 52.6 Å². The summed E-state index contributed by atoms with van der Waals surface area (Å²) in [7, 11) is 2.12. The van der Waals surface area contributed by atoms with E-state index in [1.165, 1.54) is 11.1 Å². The Morgan fingerprint density at radius 2 is 1.64 bits per heavy atom. The summed E-state index contributed by atoms with van der Waals surface area (Å²) in [4.78, 5) is 28.0. The molecule has 0 spiro atoms. The number of aromatic nitrogens is 2. The molecule has 6 nitrogen and oxygen atoms in total. The van der Waals surface area contributed by atoms with Gasteiger partial charge in [-0.15, -0.1) is 0 Å². The van der Waals surface area contributed by atoms with E-state index >= 15 is 0 Å². The van der Waals surface area contributed by atoms with Gasteiger partial charge in [-0.05, 0) is 24.6 Å². The highest BCUT2D eigenvalue weighted by Crippen LogP contribution is 2.20. The molecule has 0 unspecified atom stereocenters. The number of rotatable bonds is 2. The highest BCUT2D eigenvalue weighted by atomic mass is 16.2. The van der Waals surface area contributed by atoms with Crippen molar-refractivity contribution in [1.82, 2.24) is 19.8 Å². The zero-order valence-corrected chi connectivity index (χ0v) is 14.6. The summed E-state index contributed by atoms with van der Waals surface area (Å²) in [6.45, 7) is 5.28. The largest absolute Gasteiger partial charge is 0.338 e. The molecule has 0 N–H and O–H groups in total. The van der Waals surface area contributed by atoms with Gasteiger partial charge in [-0.2, -0.15) is 0 Å². The lowest BCUT2D eigenvalue weighted by atomic mass is 9.99. The van der Waals surface area contributed by atoms with Crippen LogP contribution in [0, 0.1) is 0 Å². The van der Waals surface area contributed by atoms with E-state index in [2.05, 4.69) is 45.0 Å². The van der Waals surface area contributed by atoms with Crippen LogP contribution in [0.3, 0.4) is 0 Å². The molecule has 4 rings (SSSR count). The standard InChI is InChI=1S/C19H23N5O/c1-22-8-10-23(11-9-22)19-20-12-17(13-21-19)18(25)24-7-6-15-4-2-3-5-16(15)14-24/h2-5,12-13H,6-11,14H2,1H3. The summed E-state index contributed by atoms with van der Waals surface area (Å²) in [6.07, 6.45) is 4.25. The lowest BCUT2D eigenvalue weighted by Gasteiger charge is -2.32. The van der Waals surface area contributed by atoms with Crippen molar-refractivity contribution in [1.29, 1.82) is 0 Å². The summed E-state index contributed by atoms with van der Waals surface area (Å²) in [5, 5.41) is 0. The molecule has 0 bridgehead atoms. The van der Waals surface area contributed by atoms with Crippen LogP contribution in [0.25, 0.3) is 0 Å². The number of carbonyl (C=O) groups excluding carboxylic acids is 1. The SMILES string of the molecule is CN1CCN(c2ncc(C(=O)N3CCc4ccccc4C3)cn2)CC1. The maximum absolute atomic E-state index is 12.8. The Morgan fingerprint density at radius 3 is 2.36 bits per heavy atom. The van der Waals surface area contributed by atoms with Gasteiger partial charge in [0.25, 0.3) is 5.91 Å². The highest BCUT2D eigenvalue weighted by molar-refractivity contribution is 5.93. The van der Waals surface area contributed by atoms with Crippen LogP contribution < -0.4 is 4.90 Å². The minimum Gasteiger partial charge on any atom is -0.338 e. The number of benzene rings is 1. The third-order valence-electron chi connectivity index (χ3n) is 5.09. The molecule has 1 aromatic carbocycles. The molecular weight excluding hydrogens is 314 g/mol. The molecule has 2 aliphatic rings. The lowest BCUT2D eigenvalue weighted by molar-refractivity contribution is 0.0734. The van der Waals surface area contributed by atoms with E-state index in [-0.39, 0.29) is 5.91 Å². The molecule has 1 saturated heterocycles. The van der Waals surface area contributed by atoms with E-state index in [4.69, 9.17) is 0 Å². The monoisotopic (exact) mass is 337 g/mol. The number of carbonyl (C=O) groups is 1. The number of amides is 1. The molecule has 0 aliphatic carbocycles. The molecule has 3 heterocycles. The zero-order chi connectivity index (χ0) is 17.2. The summed E-state index contributed by atoms with van der Waals surface area (Å²) in [6, 6.07) is 8.33. The van der Waals surface area contributed by atoms with E-state index in [1.807, 2.05) is 11.0 Å². The molecular formula is C19H23N5O. The average molecular weight is 337 g/mol. The van der Waals surface area contributed by atoms with Gasteiger partial charge >= 0.3 is 0 Å². The van der Waals surface area contributed by atoms with E-state index in [1.54, 1.807) is 12.4 Å². The number of hydrogen-bond acceptors (Lipinski definition) is 5. The Labute approximate surface area is 148 Å². The fourth-order valence-electron chi connectivity index (χ4n) is 3.45. The summed E-state index contributed by atoms with van der Waals surface area (Å²) < 4.78 is 0. The highest BCUT2D eigenvalue weighted by Gasteiger charge is 2.23. The molecule has 2 aliphatic heterocycles. The van der Waals surface area contributed by atoms with Gasteiger partial charge in [0, 0.05) is 51.7 Å². The summed E-state index contributed by atoms with van der Waals surface area (Å²) in [5.41, 5.74) is 3.14. The van der Waals surface area contributed by atoms with Crippen molar-refractivity contribution in [3.8, 4) is 0 Å². The number of anilines is 1. The van der Waals surface area contributed by atoms with E-state index in [0.29, 0.717) is 18.1 Å². The number of piperazine rings is 1. The van der Waals surface area contributed by atoms with Crippen LogP contribution in [0.15, 0.2) is 36.7 Å². The molecule has 130 valence electrons. The van der Waals surface area contributed by atoms with E-state index in [0.717, 1.165) is 39.1 Å². The van der Waals surface area contributed by atoms with Gasteiger partial charge in [-0.1, -0.05) is 24.3 Å². The number of fused-ring (bicyclic) bond motifs is 1. The third-order valence-corrected chi connectivity index (χ3v) is 5.09. The maximum Gasteiger partial charge on any atom is 0.257 e. The Morgan fingerprint density at radius 1 is 0.960 bits per heavy atom. The average Bonchev–Trinajstić information content (AvgIpc) is 2.68. The van der Waals surface area contributed by atoms with Crippen molar-refractivity contribution in [2.24, 2.45) is 0 Å². The first kappa shape index (κ1) is 16.0. The first-order valence-electron chi connectivity index (χ1n) is 8.82. The fraction of sp³-hybridized carbons (Fsp3) is 0.421. The number of nitrogens with zero attached hydrogens (tertiary/aromatic N) is 5. The Kier molecular flexibility index (Phi) is 4.36. The van der Waals surface area contributed by atoms with Crippen molar-refractivity contribution in [3.05, 3.63) is 53.3 Å². The van der Waals surface area contributed by atoms with E-state index < -0.39 is 0 Å². The maximum atomic E-state index is 12.8. The molecule has 25 heavy (non-hydrogen) atoms. The van der Waals surface area contributed by atoms with Gasteiger partial charge in [-0.25, -0.2) is 9.97 Å². The zero-order valence-electron chi connectivity index (χ0n) is 14.6. The van der Waals surface area contributed by atoms with E-state index in [9.17, 15) is 4.79 Å². The van der Waals surface area contributed by atoms with Gasteiger partial charge in [-0.3, -0.25) is 4.79 Å². The second-order valence-electron chi connectivity index (χ2n) is 6.81. The third kappa shape index (κ3) is 3.35. The van der Waals surface area contributed by atoms with Crippen LogP contribution in [0.2, 0.25) is 0 Å². The van der Waals surface area contributed by atoms with Gasteiger partial charge in [0.1, 0.15) is 0 Å². The number of likely N-dealkylation sites (N-methyl/N-ethyl adjacent to an activating group) is 1. The van der Waals surface area contributed by atoms with Crippen LogP contribution in [0.1, 0.15) is 21.5 Å². The van der Waals surface area contributed by atoms with Crippen LogP contribution in [0.4, 0.5) is 5.95 Å². The predicted molar refractivity (Wildman–Crippen MR) is 96.6 cm³/mol. The quantitative estimate of drug-likeness (QED) is 0.830. The molecule has 1 amide bonds. The molecule has 2 aromatic rings. The van der Waals surface area contributed by atoms with Crippen molar-refractivity contribution in [3.63, 3.8) is 0 Å². The van der Waals surface area contributed by atoms with Crippen LogP contribution in [-0.4, -0.2) is 65.4 Å². The molecule has 0 saturated carbocycles. The van der Waals surface area contributed by atoms with Crippen molar-refractivity contribution in [2.75, 3.05) is 44.7 Å². The Hall–Kier alpha value is -2.47. The molecule has 6 heteroatoms. The summed E-state index contributed by atoms with van der Waals surface area (Å²) >= 11 is 0. The van der Waals surface area contributed by atoms with Crippen molar-refractivity contribution < 1.29 is 4.79 Å². The van der Waals surface area contributed by atoms with Crippen LogP contribution >= 0.6 is 0 Å².